The number of aliphatic hydroxyl groups is 1. The molecule has 102 valence electrons. The van der Waals surface area contributed by atoms with E-state index in [-0.39, 0.29) is 30.9 Å². The Morgan fingerprint density at radius 3 is 2.67 bits per heavy atom. The van der Waals surface area contributed by atoms with Crippen molar-refractivity contribution in [3.05, 3.63) is 34.6 Å². The fourth-order valence-electron chi connectivity index (χ4n) is 2.17. The van der Waals surface area contributed by atoms with E-state index in [1.165, 1.54) is 12.1 Å². The molecule has 1 heterocycles. The molecule has 18 heavy (non-hydrogen) atoms. The molecule has 1 atom stereocenters. The number of aliphatic hydroxyl groups excluding tert-OH is 1. The number of halogens is 3. The Balaban J connectivity index is 0.00000162. The van der Waals surface area contributed by atoms with Gasteiger partial charge in [0.25, 0.3) is 0 Å². The summed E-state index contributed by atoms with van der Waals surface area (Å²) in [7, 11) is 0. The monoisotopic (exact) mass is 294 g/mol. The zero-order valence-electron chi connectivity index (χ0n) is 9.90. The van der Waals surface area contributed by atoms with Gasteiger partial charge in [0, 0.05) is 36.8 Å². The van der Waals surface area contributed by atoms with Gasteiger partial charge in [-0.15, -0.1) is 12.4 Å². The quantitative estimate of drug-likeness (QED) is 0.893. The summed E-state index contributed by atoms with van der Waals surface area (Å²) in [5, 5.41) is 13.2. The minimum Gasteiger partial charge on any atom is -0.394 e. The first-order chi connectivity index (χ1) is 8.22. The lowest BCUT2D eigenvalue weighted by atomic mass is 10.0. The van der Waals surface area contributed by atoms with Crippen molar-refractivity contribution in [2.45, 2.75) is 6.04 Å². The van der Waals surface area contributed by atoms with Crippen LogP contribution in [0, 0.1) is 5.82 Å². The van der Waals surface area contributed by atoms with E-state index in [4.69, 9.17) is 11.6 Å². The molecule has 1 saturated heterocycles. The average molecular weight is 295 g/mol. The van der Waals surface area contributed by atoms with Crippen LogP contribution in [0.15, 0.2) is 18.2 Å². The second kappa shape index (κ2) is 7.26. The highest BCUT2D eigenvalue weighted by atomic mass is 35.5. The first-order valence-electron chi connectivity index (χ1n) is 5.73. The molecule has 3 nitrogen and oxygen atoms in total. The number of rotatable bonds is 3. The lowest BCUT2D eigenvalue weighted by Gasteiger charge is -2.34. The topological polar surface area (TPSA) is 35.5 Å². The van der Waals surface area contributed by atoms with E-state index >= 15 is 0 Å². The van der Waals surface area contributed by atoms with Gasteiger partial charge in [-0.05, 0) is 18.2 Å². The summed E-state index contributed by atoms with van der Waals surface area (Å²) in [6.07, 6.45) is 0. The molecule has 2 N–H and O–H groups in total. The van der Waals surface area contributed by atoms with Crippen molar-refractivity contribution in [3.8, 4) is 0 Å². The zero-order chi connectivity index (χ0) is 12.3. The minimum atomic E-state index is -0.313. The van der Waals surface area contributed by atoms with Gasteiger partial charge in [-0.25, -0.2) is 4.39 Å². The van der Waals surface area contributed by atoms with Gasteiger partial charge in [-0.2, -0.15) is 0 Å². The van der Waals surface area contributed by atoms with Crippen LogP contribution in [0.2, 0.25) is 5.02 Å². The van der Waals surface area contributed by atoms with Gasteiger partial charge < -0.3 is 10.4 Å². The van der Waals surface area contributed by atoms with E-state index in [9.17, 15) is 9.50 Å². The minimum absolute atomic E-state index is 0. The molecule has 1 aliphatic rings. The van der Waals surface area contributed by atoms with E-state index in [1.807, 2.05) is 0 Å². The van der Waals surface area contributed by atoms with Crippen LogP contribution < -0.4 is 5.32 Å². The lowest BCUT2D eigenvalue weighted by Crippen LogP contribution is -2.46. The number of benzene rings is 1. The molecular weight excluding hydrogens is 278 g/mol. The van der Waals surface area contributed by atoms with Gasteiger partial charge >= 0.3 is 0 Å². The van der Waals surface area contributed by atoms with Gasteiger partial charge in [0.1, 0.15) is 5.82 Å². The molecule has 0 spiro atoms. The van der Waals surface area contributed by atoms with E-state index in [0.29, 0.717) is 10.6 Å². The maximum absolute atomic E-state index is 13.7. The summed E-state index contributed by atoms with van der Waals surface area (Å²) in [4.78, 5) is 2.07. The predicted octanol–water partition coefficient (Wildman–Crippen LogP) is 1.84. The van der Waals surface area contributed by atoms with Crippen molar-refractivity contribution in [1.29, 1.82) is 0 Å². The number of hydrogen-bond acceptors (Lipinski definition) is 3. The molecule has 1 fully saturated rings. The molecule has 0 radical (unpaired) electrons. The lowest BCUT2D eigenvalue weighted by molar-refractivity contribution is 0.108. The molecule has 1 aromatic carbocycles. The van der Waals surface area contributed by atoms with E-state index in [1.54, 1.807) is 6.07 Å². The first kappa shape index (κ1) is 15.7. The summed E-state index contributed by atoms with van der Waals surface area (Å²) < 4.78 is 13.7. The molecule has 0 unspecified atom stereocenters. The predicted molar refractivity (Wildman–Crippen MR) is 72.9 cm³/mol. The number of piperazine rings is 1. The average Bonchev–Trinajstić information content (AvgIpc) is 2.36. The SMILES string of the molecule is Cl.OC[C@H](c1cc(Cl)ccc1F)N1CCNCC1. The Bertz CT molecular complexity index is 386. The summed E-state index contributed by atoms with van der Waals surface area (Å²) in [6.45, 7) is 3.23. The second-order valence-electron chi connectivity index (χ2n) is 4.15. The Kier molecular flexibility index (Phi) is 6.32. The standard InChI is InChI=1S/C12H16ClFN2O.ClH/c13-9-1-2-11(14)10(7-9)12(8-17)16-5-3-15-4-6-16;/h1-2,7,12,15,17H,3-6,8H2;1H/t12-;/m1./s1. The molecule has 0 saturated carbocycles. The molecule has 1 aliphatic heterocycles. The van der Waals surface area contributed by atoms with Crippen molar-refractivity contribution in [2.24, 2.45) is 0 Å². The molecule has 6 heteroatoms. The molecule has 1 aromatic rings. The van der Waals surface area contributed by atoms with Crippen LogP contribution in [0.4, 0.5) is 4.39 Å². The maximum Gasteiger partial charge on any atom is 0.128 e. The Hall–Kier alpha value is -0.390. The highest BCUT2D eigenvalue weighted by Crippen LogP contribution is 2.26. The highest BCUT2D eigenvalue weighted by molar-refractivity contribution is 6.30. The Labute approximate surface area is 117 Å². The van der Waals surface area contributed by atoms with Gasteiger partial charge in [-0.1, -0.05) is 11.6 Å². The summed E-state index contributed by atoms with van der Waals surface area (Å²) >= 11 is 5.88. The number of nitrogens with zero attached hydrogens (tertiary/aromatic N) is 1. The van der Waals surface area contributed by atoms with Gasteiger partial charge in [-0.3, -0.25) is 4.90 Å². The number of hydrogen-bond donors (Lipinski definition) is 2. The number of nitrogens with one attached hydrogen (secondary N) is 1. The third kappa shape index (κ3) is 3.56. The molecule has 0 aliphatic carbocycles. The van der Waals surface area contributed by atoms with Crippen molar-refractivity contribution < 1.29 is 9.50 Å². The van der Waals surface area contributed by atoms with E-state index in [2.05, 4.69) is 10.2 Å². The summed E-state index contributed by atoms with van der Waals surface area (Å²) in [6, 6.07) is 4.16. The first-order valence-corrected chi connectivity index (χ1v) is 6.10. The third-order valence-electron chi connectivity index (χ3n) is 3.08. The smallest absolute Gasteiger partial charge is 0.128 e. The Morgan fingerprint density at radius 2 is 2.06 bits per heavy atom. The van der Waals surface area contributed by atoms with Gasteiger partial charge in [0.05, 0.1) is 12.6 Å². The van der Waals surface area contributed by atoms with Gasteiger partial charge in [0.15, 0.2) is 0 Å². The fraction of sp³-hybridized carbons (Fsp3) is 0.500. The zero-order valence-corrected chi connectivity index (χ0v) is 11.5. The van der Waals surface area contributed by atoms with Crippen LogP contribution in [0.25, 0.3) is 0 Å². The van der Waals surface area contributed by atoms with Crippen LogP contribution >= 0.6 is 24.0 Å². The van der Waals surface area contributed by atoms with Crippen LogP contribution in [-0.2, 0) is 0 Å². The van der Waals surface area contributed by atoms with Crippen molar-refractivity contribution >= 4 is 24.0 Å². The normalized spacial score (nSPS) is 18.2. The summed E-state index contributed by atoms with van der Waals surface area (Å²) in [5.41, 5.74) is 0.474. The molecule has 0 bridgehead atoms. The third-order valence-corrected chi connectivity index (χ3v) is 3.32. The highest BCUT2D eigenvalue weighted by Gasteiger charge is 2.24. The largest absolute Gasteiger partial charge is 0.394 e. The van der Waals surface area contributed by atoms with Crippen LogP contribution in [0.5, 0.6) is 0 Å². The molecular formula is C12H17Cl2FN2O. The van der Waals surface area contributed by atoms with Crippen molar-refractivity contribution in [1.82, 2.24) is 10.2 Å². The van der Waals surface area contributed by atoms with Crippen LogP contribution in [0.1, 0.15) is 11.6 Å². The van der Waals surface area contributed by atoms with E-state index < -0.39 is 0 Å². The van der Waals surface area contributed by atoms with Crippen molar-refractivity contribution in [3.63, 3.8) is 0 Å². The van der Waals surface area contributed by atoms with Crippen LogP contribution in [-0.4, -0.2) is 42.8 Å². The molecule has 2 rings (SSSR count). The second-order valence-corrected chi connectivity index (χ2v) is 4.59. The van der Waals surface area contributed by atoms with Crippen LogP contribution in [0.3, 0.4) is 0 Å². The summed E-state index contributed by atoms with van der Waals surface area (Å²) in [5.74, 6) is -0.313. The van der Waals surface area contributed by atoms with E-state index in [0.717, 1.165) is 26.2 Å². The van der Waals surface area contributed by atoms with Crippen molar-refractivity contribution in [2.75, 3.05) is 32.8 Å². The molecule has 0 aromatic heterocycles. The molecule has 0 amide bonds. The van der Waals surface area contributed by atoms with Gasteiger partial charge in [0.2, 0.25) is 0 Å². The maximum atomic E-state index is 13.7. The Morgan fingerprint density at radius 1 is 1.39 bits per heavy atom. The fourth-order valence-corrected chi connectivity index (χ4v) is 2.35.